The molecule has 2 aromatic heterocycles. The number of aromatic nitrogens is 4. The molecule has 32 heavy (non-hydrogen) atoms. The fourth-order valence-corrected chi connectivity index (χ4v) is 3.43. The molecule has 2 aromatic carbocycles. The molecule has 0 spiro atoms. The first kappa shape index (κ1) is 21.6. The lowest BCUT2D eigenvalue weighted by atomic mass is 9.77. The van der Waals surface area contributed by atoms with Gasteiger partial charge in [-0.2, -0.15) is 15.3 Å². The average molecular weight is 443 g/mol. The van der Waals surface area contributed by atoms with Crippen molar-refractivity contribution in [2.75, 3.05) is 19.5 Å². The Morgan fingerprint density at radius 3 is 2.66 bits per heavy atom. The van der Waals surface area contributed by atoms with E-state index < -0.39 is 13.5 Å². The van der Waals surface area contributed by atoms with Crippen molar-refractivity contribution in [1.82, 2.24) is 20.0 Å². The Morgan fingerprint density at radius 1 is 1.19 bits per heavy atom. The first-order valence-electron chi connectivity index (χ1n) is 9.40. The summed E-state index contributed by atoms with van der Waals surface area (Å²) in [6.07, 6.45) is 1.12. The Labute approximate surface area is 180 Å². The third-order valence-corrected chi connectivity index (χ3v) is 5.02. The summed E-state index contributed by atoms with van der Waals surface area (Å²) in [6, 6.07) is 8.22. The molecule has 2 heterocycles. The second-order valence-electron chi connectivity index (χ2n) is 6.81. The number of halogens is 3. The van der Waals surface area contributed by atoms with Crippen LogP contribution < -0.4 is 15.5 Å². The van der Waals surface area contributed by atoms with E-state index in [4.69, 9.17) is 4.74 Å². The highest BCUT2D eigenvalue weighted by molar-refractivity contribution is 6.61. The fourth-order valence-electron chi connectivity index (χ4n) is 3.43. The molecule has 0 bridgehead atoms. The van der Waals surface area contributed by atoms with Gasteiger partial charge in [0.1, 0.15) is 5.75 Å². The number of ether oxygens (including phenoxy) is 1. The van der Waals surface area contributed by atoms with E-state index in [1.165, 1.54) is 30.1 Å². The van der Waals surface area contributed by atoms with Crippen molar-refractivity contribution < 1.29 is 27.9 Å². The summed E-state index contributed by atoms with van der Waals surface area (Å²) in [5.41, 5.74) is 2.47. The van der Waals surface area contributed by atoms with Crippen LogP contribution in [0.2, 0.25) is 0 Å². The maximum absolute atomic E-state index is 13.1. The van der Waals surface area contributed by atoms with Gasteiger partial charge < -0.3 is 15.1 Å². The third kappa shape index (κ3) is 3.85. The molecule has 2 N–H and O–H groups in total. The van der Waals surface area contributed by atoms with Gasteiger partial charge in [0.15, 0.2) is 0 Å². The number of methoxy groups -OCH3 is 1. The van der Waals surface area contributed by atoms with Crippen molar-refractivity contribution in [2.45, 2.75) is 6.43 Å². The highest BCUT2D eigenvalue weighted by Crippen LogP contribution is 2.33. The van der Waals surface area contributed by atoms with E-state index in [-0.39, 0.29) is 16.8 Å². The molecule has 0 saturated heterocycles. The number of alkyl halides is 2. The van der Waals surface area contributed by atoms with E-state index >= 15 is 0 Å². The average Bonchev–Trinajstić information content (AvgIpc) is 3.32. The van der Waals surface area contributed by atoms with Crippen LogP contribution in [0.15, 0.2) is 48.9 Å². The van der Waals surface area contributed by atoms with Crippen LogP contribution in [0.3, 0.4) is 0 Å². The number of benzene rings is 2. The van der Waals surface area contributed by atoms with Gasteiger partial charge in [0.2, 0.25) is 0 Å². The van der Waals surface area contributed by atoms with Gasteiger partial charge >= 0.3 is 7.12 Å². The van der Waals surface area contributed by atoms with Crippen molar-refractivity contribution >= 4 is 29.2 Å². The zero-order chi connectivity index (χ0) is 22.8. The van der Waals surface area contributed by atoms with Crippen LogP contribution in [0.25, 0.3) is 27.7 Å². The van der Waals surface area contributed by atoms with Crippen LogP contribution in [0, 0.1) is 0 Å². The lowest BCUT2D eigenvalue weighted by molar-refractivity contribution is -0.0268. The van der Waals surface area contributed by atoms with Crippen LogP contribution in [0.1, 0.15) is 12.0 Å². The van der Waals surface area contributed by atoms with E-state index in [0.29, 0.717) is 22.3 Å². The quantitative estimate of drug-likeness (QED) is 0.424. The Hall–Kier alpha value is -3.64. The fraction of sp³-hybridized carbons (Fsp3) is 0.150. The van der Waals surface area contributed by atoms with Gasteiger partial charge in [0, 0.05) is 35.7 Å². The highest BCUT2D eigenvalue weighted by Gasteiger charge is 2.26. The van der Waals surface area contributed by atoms with Crippen molar-refractivity contribution in [3.63, 3.8) is 0 Å². The van der Waals surface area contributed by atoms with Gasteiger partial charge in [-0.1, -0.05) is 10.6 Å². The maximum Gasteiger partial charge on any atom is 0.533 e. The molecule has 0 atom stereocenters. The largest absolute Gasteiger partial charge is 0.533 e. The smallest absolute Gasteiger partial charge is 0.497 e. The topological polar surface area (TPSA) is 94.3 Å². The predicted molar refractivity (Wildman–Crippen MR) is 113 cm³/mol. The van der Waals surface area contributed by atoms with Gasteiger partial charge in [-0.3, -0.25) is 0 Å². The Balaban J connectivity index is 1.97. The van der Waals surface area contributed by atoms with Crippen LogP contribution in [0.5, 0.6) is 5.75 Å². The Kier molecular flexibility index (Phi) is 5.97. The van der Waals surface area contributed by atoms with Crippen LogP contribution >= 0.6 is 0 Å². The van der Waals surface area contributed by atoms with Crippen LogP contribution in [-0.2, 0) is 4.86 Å². The molecule has 4 rings (SSSR count). The number of fused-ring (bicyclic) bond motifs is 1. The summed E-state index contributed by atoms with van der Waals surface area (Å²) in [7, 11) is 1.17. The summed E-state index contributed by atoms with van der Waals surface area (Å²) in [6.45, 7) is 0. The van der Waals surface area contributed by atoms with Crippen molar-refractivity contribution in [1.29, 1.82) is 0 Å². The molecule has 8 nitrogen and oxygen atoms in total. The number of anilines is 1. The van der Waals surface area contributed by atoms with E-state index in [0.717, 1.165) is 17.3 Å². The SMILES string of the molecule is CNc1cnnc2cc(-c3cc(B(O)OF)c(OC)cc3-n3cc(C(F)F)cn3)ccc12. The van der Waals surface area contributed by atoms with Gasteiger partial charge in [0.05, 0.1) is 42.0 Å². The van der Waals surface area contributed by atoms with Gasteiger partial charge in [-0.15, -0.1) is 0 Å². The number of rotatable bonds is 7. The molecule has 0 radical (unpaired) electrons. The lowest BCUT2D eigenvalue weighted by Crippen LogP contribution is -2.33. The molecule has 164 valence electrons. The van der Waals surface area contributed by atoms with Gasteiger partial charge in [-0.05, 0) is 23.8 Å². The molecule has 12 heteroatoms. The molecule has 4 aromatic rings. The minimum atomic E-state index is -2.70. The summed E-state index contributed by atoms with van der Waals surface area (Å²) in [5, 5.41) is 25.9. The van der Waals surface area contributed by atoms with Crippen LogP contribution in [0.4, 0.5) is 19.0 Å². The zero-order valence-corrected chi connectivity index (χ0v) is 17.0. The standard InChI is InChI=1S/C20H17BF3N5O3/c1-25-17-9-26-28-16-5-11(3-4-13(16)17)14-6-15(21(30)32-24)19(31-2)7-18(14)29-10-12(8-27-29)20(22)23/h3-10,20,30H,1-2H3,(H,25,28). The van der Waals surface area contributed by atoms with Crippen LogP contribution in [-0.4, -0.2) is 46.3 Å². The first-order valence-corrected chi connectivity index (χ1v) is 9.40. The number of nitrogens with zero attached hydrogens (tertiary/aromatic N) is 4. The van der Waals surface area contributed by atoms with Gasteiger partial charge in [0.25, 0.3) is 6.43 Å². The number of hydrogen-bond acceptors (Lipinski definition) is 7. The summed E-state index contributed by atoms with van der Waals surface area (Å²) < 4.78 is 45.6. The number of hydrogen-bond donors (Lipinski definition) is 2. The summed E-state index contributed by atoms with van der Waals surface area (Å²) in [5.74, 6) is 0.0843. The highest BCUT2D eigenvalue weighted by atomic mass is 19.3. The normalized spacial score (nSPS) is 11.2. The second kappa shape index (κ2) is 8.85. The monoisotopic (exact) mass is 443 g/mol. The third-order valence-electron chi connectivity index (χ3n) is 5.02. The molecule has 0 fully saturated rings. The molecule has 0 amide bonds. The predicted octanol–water partition coefficient (Wildman–Crippen LogP) is 3.06. The van der Waals surface area contributed by atoms with Crippen molar-refractivity contribution in [3.8, 4) is 22.6 Å². The van der Waals surface area contributed by atoms with Gasteiger partial charge in [-0.25, -0.2) is 18.3 Å². The van der Waals surface area contributed by atoms with E-state index in [1.54, 1.807) is 25.4 Å². The molecule has 0 unspecified atom stereocenters. The summed E-state index contributed by atoms with van der Waals surface area (Å²) in [4.78, 5) is 3.57. The van der Waals surface area contributed by atoms with E-state index in [9.17, 15) is 18.3 Å². The summed E-state index contributed by atoms with van der Waals surface area (Å²) >= 11 is 0. The first-order chi connectivity index (χ1) is 15.5. The Morgan fingerprint density at radius 2 is 2.00 bits per heavy atom. The maximum atomic E-state index is 13.1. The van der Waals surface area contributed by atoms with Crippen molar-refractivity contribution in [2.24, 2.45) is 0 Å². The van der Waals surface area contributed by atoms with E-state index in [2.05, 4.69) is 25.5 Å². The molecule has 0 saturated carbocycles. The van der Waals surface area contributed by atoms with E-state index in [1.807, 2.05) is 6.07 Å². The molecular formula is C20H17BF3N5O3. The minimum absolute atomic E-state index is 0.00476. The minimum Gasteiger partial charge on any atom is -0.497 e. The molecule has 0 aliphatic rings. The molecule has 0 aliphatic heterocycles. The lowest BCUT2D eigenvalue weighted by Gasteiger charge is -2.16. The zero-order valence-electron chi connectivity index (χ0n) is 17.0. The Bertz CT molecular complexity index is 1270. The second-order valence-corrected chi connectivity index (χ2v) is 6.81. The molecular weight excluding hydrogens is 426 g/mol. The number of nitrogens with one attached hydrogen (secondary N) is 1. The van der Waals surface area contributed by atoms with Crippen molar-refractivity contribution in [3.05, 3.63) is 54.5 Å². The molecule has 0 aliphatic carbocycles.